The Balaban J connectivity index is 1.24. The predicted octanol–water partition coefficient (Wildman–Crippen LogP) is 1.93. The van der Waals surface area contributed by atoms with E-state index in [1.807, 2.05) is 24.3 Å². The lowest BCUT2D eigenvalue weighted by atomic mass is 9.89. The third kappa shape index (κ3) is 3.46. The van der Waals surface area contributed by atoms with Crippen LogP contribution in [0.2, 0.25) is 0 Å². The zero-order valence-electron chi connectivity index (χ0n) is 14.0. The summed E-state index contributed by atoms with van der Waals surface area (Å²) in [4.78, 5) is 26.9. The Morgan fingerprint density at radius 2 is 2.08 bits per heavy atom. The Hall–Kier alpha value is -1.88. The van der Waals surface area contributed by atoms with Gasteiger partial charge in [-0.25, -0.2) is 0 Å². The lowest BCUT2D eigenvalue weighted by Gasteiger charge is -2.24. The molecule has 2 amide bonds. The van der Waals surface area contributed by atoms with Crippen LogP contribution >= 0.6 is 0 Å². The Kier molecular flexibility index (Phi) is 4.27. The molecule has 24 heavy (non-hydrogen) atoms. The molecule has 1 saturated carbocycles. The number of para-hydroxylation sites is 1. The first-order valence-corrected chi connectivity index (χ1v) is 9.11. The zero-order valence-corrected chi connectivity index (χ0v) is 14.0. The molecule has 1 aromatic rings. The van der Waals surface area contributed by atoms with Gasteiger partial charge in [-0.2, -0.15) is 0 Å². The molecule has 0 radical (unpaired) electrons. The summed E-state index contributed by atoms with van der Waals surface area (Å²) in [6, 6.07) is 8.97. The van der Waals surface area contributed by atoms with E-state index in [1.165, 1.54) is 18.4 Å². The van der Waals surface area contributed by atoms with E-state index in [9.17, 15) is 9.59 Å². The molecule has 0 aromatic heterocycles. The van der Waals surface area contributed by atoms with Crippen molar-refractivity contribution < 1.29 is 9.59 Å². The van der Waals surface area contributed by atoms with E-state index in [-0.39, 0.29) is 17.7 Å². The quantitative estimate of drug-likeness (QED) is 0.869. The molecule has 1 aromatic carbocycles. The van der Waals surface area contributed by atoms with E-state index < -0.39 is 0 Å². The van der Waals surface area contributed by atoms with E-state index in [0.717, 1.165) is 37.7 Å². The number of benzene rings is 1. The maximum Gasteiger partial charge on any atom is 0.227 e. The molecular formula is C19H25N3O2. The highest BCUT2D eigenvalue weighted by atomic mass is 16.2. The van der Waals surface area contributed by atoms with E-state index in [0.29, 0.717) is 18.9 Å². The van der Waals surface area contributed by atoms with Gasteiger partial charge < -0.3 is 10.6 Å². The van der Waals surface area contributed by atoms with E-state index in [1.54, 1.807) is 0 Å². The minimum Gasteiger partial charge on any atom is -0.352 e. The van der Waals surface area contributed by atoms with E-state index in [4.69, 9.17) is 0 Å². The lowest BCUT2D eigenvalue weighted by Crippen LogP contribution is -2.38. The van der Waals surface area contributed by atoms with Crippen molar-refractivity contribution in [2.75, 3.05) is 18.4 Å². The number of nitrogens with one attached hydrogen (secondary N) is 2. The fourth-order valence-corrected chi connectivity index (χ4v) is 3.93. The average Bonchev–Trinajstić information content (AvgIpc) is 3.33. The van der Waals surface area contributed by atoms with Crippen LogP contribution in [0.15, 0.2) is 24.3 Å². The molecule has 5 nitrogen and oxygen atoms in total. The maximum atomic E-state index is 12.2. The highest BCUT2D eigenvalue weighted by molar-refractivity contribution is 5.96. The van der Waals surface area contributed by atoms with Crippen molar-refractivity contribution >= 4 is 17.5 Å². The first kappa shape index (κ1) is 15.6. The summed E-state index contributed by atoms with van der Waals surface area (Å²) < 4.78 is 0. The van der Waals surface area contributed by atoms with Crippen LogP contribution in [0, 0.1) is 5.92 Å². The predicted molar refractivity (Wildman–Crippen MR) is 92.6 cm³/mol. The molecule has 2 unspecified atom stereocenters. The summed E-state index contributed by atoms with van der Waals surface area (Å²) in [7, 11) is 0. The van der Waals surface area contributed by atoms with Crippen molar-refractivity contribution in [2.24, 2.45) is 5.92 Å². The van der Waals surface area contributed by atoms with Gasteiger partial charge in [0, 0.05) is 43.2 Å². The Morgan fingerprint density at radius 1 is 1.25 bits per heavy atom. The average molecular weight is 327 g/mol. The van der Waals surface area contributed by atoms with Crippen molar-refractivity contribution in [1.82, 2.24) is 10.2 Å². The molecule has 2 atom stereocenters. The van der Waals surface area contributed by atoms with Crippen LogP contribution < -0.4 is 10.6 Å². The minimum absolute atomic E-state index is 0.0438. The minimum atomic E-state index is -0.0998. The summed E-state index contributed by atoms with van der Waals surface area (Å²) in [5, 5.41) is 6.11. The molecule has 2 aliphatic heterocycles. The number of carbonyl (C=O) groups excluding carboxylic acids is 2. The monoisotopic (exact) mass is 327 g/mol. The van der Waals surface area contributed by atoms with Gasteiger partial charge in [0.1, 0.15) is 0 Å². The van der Waals surface area contributed by atoms with Crippen LogP contribution in [0.5, 0.6) is 0 Å². The van der Waals surface area contributed by atoms with Crippen LogP contribution in [0.3, 0.4) is 0 Å². The van der Waals surface area contributed by atoms with Crippen LogP contribution in [-0.2, 0) is 16.0 Å². The van der Waals surface area contributed by atoms with Gasteiger partial charge >= 0.3 is 0 Å². The summed E-state index contributed by atoms with van der Waals surface area (Å²) >= 11 is 0. The third-order valence-corrected chi connectivity index (χ3v) is 5.48. The lowest BCUT2D eigenvalue weighted by molar-refractivity contribution is -0.123. The van der Waals surface area contributed by atoms with Gasteiger partial charge in [-0.15, -0.1) is 0 Å². The fraction of sp³-hybridized carbons (Fsp3) is 0.579. The molecule has 128 valence electrons. The van der Waals surface area contributed by atoms with Crippen molar-refractivity contribution in [3.8, 4) is 0 Å². The van der Waals surface area contributed by atoms with Crippen molar-refractivity contribution in [3.05, 3.63) is 29.8 Å². The fourth-order valence-electron chi connectivity index (χ4n) is 3.93. The number of rotatable bonds is 5. The van der Waals surface area contributed by atoms with Gasteiger partial charge in [0.2, 0.25) is 11.8 Å². The van der Waals surface area contributed by atoms with Crippen LogP contribution in [0.1, 0.15) is 37.7 Å². The van der Waals surface area contributed by atoms with Gasteiger partial charge in [-0.05, 0) is 43.7 Å². The number of nitrogens with zero attached hydrogens (tertiary/aromatic N) is 1. The van der Waals surface area contributed by atoms with Crippen LogP contribution in [-0.4, -0.2) is 41.9 Å². The molecule has 1 aliphatic carbocycles. The van der Waals surface area contributed by atoms with E-state index >= 15 is 0 Å². The summed E-state index contributed by atoms with van der Waals surface area (Å²) in [6.07, 6.45) is 5.47. The molecule has 0 bridgehead atoms. The third-order valence-electron chi connectivity index (χ3n) is 5.48. The molecule has 3 aliphatic rings. The highest BCUT2D eigenvalue weighted by Crippen LogP contribution is 2.30. The SMILES string of the molecule is O=C(CCC1Cc2ccccc2NC1=O)NC1CCN(C2CC2)C1. The number of likely N-dealkylation sites (tertiary alicyclic amines) is 1. The normalized spacial score (nSPS) is 26.8. The standard InChI is InChI=1S/C19H25N3O2/c23-18(20-15-9-10-22(12-15)16-6-7-16)8-5-14-11-13-3-1-2-4-17(13)21-19(14)24/h1-4,14-16H,5-12H2,(H,20,23)(H,21,24). The number of amides is 2. The Morgan fingerprint density at radius 3 is 2.92 bits per heavy atom. The topological polar surface area (TPSA) is 61.4 Å². The molecule has 2 fully saturated rings. The van der Waals surface area contributed by atoms with E-state index in [2.05, 4.69) is 15.5 Å². The molecule has 4 rings (SSSR count). The molecule has 1 saturated heterocycles. The molecular weight excluding hydrogens is 302 g/mol. The molecule has 2 N–H and O–H groups in total. The van der Waals surface area contributed by atoms with Gasteiger partial charge in [0.05, 0.1) is 0 Å². The van der Waals surface area contributed by atoms with Gasteiger partial charge in [0.25, 0.3) is 0 Å². The highest BCUT2D eigenvalue weighted by Gasteiger charge is 2.35. The molecule has 5 heteroatoms. The zero-order chi connectivity index (χ0) is 16.5. The maximum absolute atomic E-state index is 12.2. The molecule has 0 spiro atoms. The van der Waals surface area contributed by atoms with Gasteiger partial charge in [-0.1, -0.05) is 18.2 Å². The number of hydrogen-bond donors (Lipinski definition) is 2. The second-order valence-electron chi connectivity index (χ2n) is 7.37. The number of hydrogen-bond acceptors (Lipinski definition) is 3. The Bertz CT molecular complexity index is 641. The largest absolute Gasteiger partial charge is 0.352 e. The second-order valence-corrected chi connectivity index (χ2v) is 7.37. The first-order valence-electron chi connectivity index (χ1n) is 9.11. The molecule has 2 heterocycles. The number of fused-ring (bicyclic) bond motifs is 1. The van der Waals surface area contributed by atoms with Crippen molar-refractivity contribution in [2.45, 2.75) is 50.6 Å². The van der Waals surface area contributed by atoms with Gasteiger partial charge in [-0.3, -0.25) is 14.5 Å². The number of anilines is 1. The summed E-state index contributed by atoms with van der Waals surface area (Å²) in [5.41, 5.74) is 2.08. The van der Waals surface area contributed by atoms with Crippen molar-refractivity contribution in [3.63, 3.8) is 0 Å². The second kappa shape index (κ2) is 6.55. The Labute approximate surface area is 142 Å². The summed E-state index contributed by atoms with van der Waals surface area (Å²) in [6.45, 7) is 2.10. The summed E-state index contributed by atoms with van der Waals surface area (Å²) in [5.74, 6) is 0.0313. The van der Waals surface area contributed by atoms with Gasteiger partial charge in [0.15, 0.2) is 0 Å². The van der Waals surface area contributed by atoms with Crippen LogP contribution in [0.4, 0.5) is 5.69 Å². The van der Waals surface area contributed by atoms with Crippen LogP contribution in [0.25, 0.3) is 0 Å². The van der Waals surface area contributed by atoms with Crippen molar-refractivity contribution in [1.29, 1.82) is 0 Å². The number of carbonyl (C=O) groups is 2. The first-order chi connectivity index (χ1) is 11.7. The smallest absolute Gasteiger partial charge is 0.227 e.